The molecule has 0 saturated carbocycles. The first-order valence-corrected chi connectivity index (χ1v) is 5.34. The summed E-state index contributed by atoms with van der Waals surface area (Å²) in [5.41, 5.74) is 0. The average molecular weight is 249 g/mol. The normalized spacial score (nSPS) is 29.5. The molecule has 3 nitrogen and oxygen atoms in total. The van der Waals surface area contributed by atoms with Gasteiger partial charge in [0.2, 0.25) is 0 Å². The number of nitrogens with one attached hydrogen (secondary N) is 1. The van der Waals surface area contributed by atoms with Gasteiger partial charge in [-0.05, 0) is 27.5 Å². The predicted molar refractivity (Wildman–Crippen MR) is 51.4 cm³/mol. The number of β-amino-alcohol motifs (C(OH)–C–C–N with tert-alkyl or cyclic N) is 1. The number of aromatic nitrogens is 1. The zero-order valence-corrected chi connectivity index (χ0v) is 8.73. The number of halogens is 1. The van der Waals surface area contributed by atoms with Crippen LogP contribution in [0.15, 0.2) is 10.7 Å². The minimum atomic E-state index is -0.262. The number of hydrogen-bond donors (Lipinski definition) is 2. The van der Waals surface area contributed by atoms with Gasteiger partial charge in [0.15, 0.2) is 0 Å². The van der Waals surface area contributed by atoms with E-state index in [-0.39, 0.29) is 12.0 Å². The summed E-state index contributed by atoms with van der Waals surface area (Å²) in [5.74, 6) is 0.215. The maximum absolute atomic E-state index is 9.58. The zero-order valence-electron chi connectivity index (χ0n) is 6.33. The summed E-state index contributed by atoms with van der Waals surface area (Å²) in [6, 6.07) is 0. The van der Waals surface area contributed by atoms with Crippen molar-refractivity contribution >= 4 is 27.5 Å². The highest BCUT2D eigenvalue weighted by molar-refractivity contribution is 9.10. The van der Waals surface area contributed by atoms with Crippen LogP contribution in [0.25, 0.3) is 0 Å². The Kier molecular flexibility index (Phi) is 2.45. The standard InChI is InChI=1S/C7H9BrN2OS/c8-5-2-10-12-7(5)4-1-9-3-6(4)11/h2,4,6,9,11H,1,3H2/t4-,6-/m1/s1. The van der Waals surface area contributed by atoms with Gasteiger partial charge >= 0.3 is 0 Å². The highest BCUT2D eigenvalue weighted by Gasteiger charge is 2.29. The molecule has 2 N–H and O–H groups in total. The van der Waals surface area contributed by atoms with E-state index in [1.165, 1.54) is 11.5 Å². The first kappa shape index (κ1) is 8.62. The van der Waals surface area contributed by atoms with Gasteiger partial charge in [-0.2, -0.15) is 4.37 Å². The molecular formula is C7H9BrN2OS. The largest absolute Gasteiger partial charge is 0.391 e. The predicted octanol–water partition coefficient (Wildman–Crippen LogP) is 0.953. The summed E-state index contributed by atoms with van der Waals surface area (Å²) in [4.78, 5) is 1.15. The van der Waals surface area contributed by atoms with Crippen LogP contribution in [0.4, 0.5) is 0 Å². The molecule has 0 amide bonds. The number of aliphatic hydroxyl groups is 1. The van der Waals surface area contributed by atoms with Crippen molar-refractivity contribution in [2.75, 3.05) is 13.1 Å². The Morgan fingerprint density at radius 3 is 3.00 bits per heavy atom. The second kappa shape index (κ2) is 3.41. The van der Waals surface area contributed by atoms with Crippen molar-refractivity contribution in [3.63, 3.8) is 0 Å². The Labute approximate surface area is 83.1 Å². The van der Waals surface area contributed by atoms with E-state index in [1.54, 1.807) is 6.20 Å². The van der Waals surface area contributed by atoms with E-state index in [9.17, 15) is 5.11 Å². The van der Waals surface area contributed by atoms with Gasteiger partial charge in [-0.1, -0.05) is 0 Å². The van der Waals surface area contributed by atoms with Crippen LogP contribution in [0.3, 0.4) is 0 Å². The molecule has 0 bridgehead atoms. The molecule has 0 radical (unpaired) electrons. The summed E-state index contributed by atoms with van der Waals surface area (Å²) in [7, 11) is 0. The molecule has 0 spiro atoms. The zero-order chi connectivity index (χ0) is 8.55. The van der Waals surface area contributed by atoms with E-state index >= 15 is 0 Å². The third kappa shape index (κ3) is 1.42. The number of rotatable bonds is 1. The van der Waals surface area contributed by atoms with E-state index in [1.807, 2.05) is 0 Å². The van der Waals surface area contributed by atoms with Crippen LogP contribution >= 0.6 is 27.5 Å². The molecule has 1 fully saturated rings. The molecule has 1 saturated heterocycles. The van der Waals surface area contributed by atoms with E-state index < -0.39 is 0 Å². The van der Waals surface area contributed by atoms with E-state index in [4.69, 9.17) is 0 Å². The average Bonchev–Trinajstić information content (AvgIpc) is 2.59. The van der Waals surface area contributed by atoms with Crippen molar-refractivity contribution in [2.45, 2.75) is 12.0 Å². The Hall–Kier alpha value is 0.0300. The topological polar surface area (TPSA) is 45.1 Å². The van der Waals surface area contributed by atoms with Gasteiger partial charge in [-0.15, -0.1) is 0 Å². The van der Waals surface area contributed by atoms with Crippen LogP contribution in [-0.2, 0) is 0 Å². The molecule has 2 heterocycles. The highest BCUT2D eigenvalue weighted by atomic mass is 79.9. The van der Waals surface area contributed by atoms with Crippen molar-refractivity contribution in [3.8, 4) is 0 Å². The Balaban J connectivity index is 2.24. The third-order valence-corrected chi connectivity index (χ3v) is 3.90. The lowest BCUT2D eigenvalue weighted by atomic mass is 10.1. The minimum absolute atomic E-state index is 0.215. The van der Waals surface area contributed by atoms with Gasteiger partial charge in [0.25, 0.3) is 0 Å². The van der Waals surface area contributed by atoms with Crippen LogP contribution in [0.1, 0.15) is 10.8 Å². The van der Waals surface area contributed by atoms with Crippen LogP contribution < -0.4 is 5.32 Å². The van der Waals surface area contributed by atoms with Crippen molar-refractivity contribution in [3.05, 3.63) is 15.5 Å². The molecule has 12 heavy (non-hydrogen) atoms. The second-order valence-electron chi connectivity index (χ2n) is 2.87. The van der Waals surface area contributed by atoms with Crippen molar-refractivity contribution in [2.24, 2.45) is 0 Å². The second-order valence-corrected chi connectivity index (χ2v) is 4.56. The highest BCUT2D eigenvalue weighted by Crippen LogP contribution is 2.32. The van der Waals surface area contributed by atoms with Crippen molar-refractivity contribution < 1.29 is 5.11 Å². The Bertz CT molecular complexity index is 278. The van der Waals surface area contributed by atoms with Crippen LogP contribution in [0, 0.1) is 0 Å². The van der Waals surface area contributed by atoms with E-state index in [0.717, 1.165) is 15.9 Å². The number of hydrogen-bond acceptors (Lipinski definition) is 4. The van der Waals surface area contributed by atoms with Crippen molar-refractivity contribution in [1.29, 1.82) is 0 Å². The molecule has 1 aromatic rings. The number of nitrogens with zero attached hydrogens (tertiary/aromatic N) is 1. The van der Waals surface area contributed by atoms with Gasteiger partial charge in [0, 0.05) is 23.9 Å². The van der Waals surface area contributed by atoms with E-state index in [2.05, 4.69) is 25.6 Å². The molecule has 0 unspecified atom stereocenters. The number of aliphatic hydroxyl groups excluding tert-OH is 1. The lowest BCUT2D eigenvalue weighted by molar-refractivity contribution is 0.178. The Morgan fingerprint density at radius 1 is 1.67 bits per heavy atom. The summed E-state index contributed by atoms with van der Waals surface area (Å²) in [6.45, 7) is 1.54. The van der Waals surface area contributed by atoms with Crippen LogP contribution in [0.2, 0.25) is 0 Å². The molecule has 2 rings (SSSR count). The maximum Gasteiger partial charge on any atom is 0.0754 e. The van der Waals surface area contributed by atoms with E-state index in [0.29, 0.717) is 6.54 Å². The van der Waals surface area contributed by atoms with Gasteiger partial charge in [-0.3, -0.25) is 0 Å². The maximum atomic E-state index is 9.58. The van der Waals surface area contributed by atoms with Gasteiger partial charge in [0.1, 0.15) is 0 Å². The molecular weight excluding hydrogens is 240 g/mol. The van der Waals surface area contributed by atoms with Crippen LogP contribution in [0.5, 0.6) is 0 Å². The third-order valence-electron chi connectivity index (χ3n) is 2.07. The molecule has 0 aromatic carbocycles. The lowest BCUT2D eigenvalue weighted by Crippen LogP contribution is -2.15. The molecule has 1 aliphatic heterocycles. The summed E-state index contributed by atoms with van der Waals surface area (Å²) in [6.07, 6.45) is 1.52. The first-order valence-electron chi connectivity index (χ1n) is 3.78. The van der Waals surface area contributed by atoms with Crippen molar-refractivity contribution in [1.82, 2.24) is 9.69 Å². The molecule has 5 heteroatoms. The van der Waals surface area contributed by atoms with Gasteiger partial charge < -0.3 is 10.4 Å². The fourth-order valence-electron chi connectivity index (χ4n) is 1.41. The molecule has 1 aromatic heterocycles. The molecule has 0 aliphatic carbocycles. The smallest absolute Gasteiger partial charge is 0.0754 e. The SMILES string of the molecule is O[C@@H]1CNC[C@H]1c1sncc1Br. The molecule has 2 atom stereocenters. The Morgan fingerprint density at radius 2 is 2.50 bits per heavy atom. The minimum Gasteiger partial charge on any atom is -0.391 e. The quantitative estimate of drug-likeness (QED) is 0.779. The lowest BCUT2D eigenvalue weighted by Gasteiger charge is -2.10. The van der Waals surface area contributed by atoms with Gasteiger partial charge in [0.05, 0.1) is 16.8 Å². The van der Waals surface area contributed by atoms with Gasteiger partial charge in [-0.25, -0.2) is 0 Å². The van der Waals surface area contributed by atoms with Crippen LogP contribution in [-0.4, -0.2) is 28.7 Å². The summed E-state index contributed by atoms with van der Waals surface area (Å²) in [5, 5.41) is 12.7. The monoisotopic (exact) mass is 248 g/mol. The summed E-state index contributed by atoms with van der Waals surface area (Å²) >= 11 is 4.87. The fourth-order valence-corrected chi connectivity index (χ4v) is 2.95. The molecule has 66 valence electrons. The summed E-state index contributed by atoms with van der Waals surface area (Å²) < 4.78 is 5.07. The molecule has 1 aliphatic rings. The fraction of sp³-hybridized carbons (Fsp3) is 0.571. The first-order chi connectivity index (χ1) is 5.79.